The molecule has 2 aromatic heterocycles. The largest absolute Gasteiger partial charge is 0.490 e. The van der Waals surface area contributed by atoms with Gasteiger partial charge in [-0.2, -0.15) is 0 Å². The van der Waals surface area contributed by atoms with Crippen molar-refractivity contribution in [1.29, 1.82) is 0 Å². The summed E-state index contributed by atoms with van der Waals surface area (Å²) in [5, 5.41) is 3.59. The minimum atomic E-state index is -0.293. The van der Waals surface area contributed by atoms with E-state index in [1.165, 1.54) is 0 Å². The zero-order valence-corrected chi connectivity index (χ0v) is 17.2. The zero-order valence-electron chi connectivity index (χ0n) is 16.5. The lowest BCUT2D eigenvalue weighted by molar-refractivity contribution is 0.0937. The highest BCUT2D eigenvalue weighted by Gasteiger charge is 2.19. The summed E-state index contributed by atoms with van der Waals surface area (Å²) in [6, 6.07) is 18.4. The van der Waals surface area contributed by atoms with Gasteiger partial charge in [0.15, 0.2) is 0 Å². The minimum Gasteiger partial charge on any atom is -0.490 e. The molecule has 7 heteroatoms. The van der Waals surface area contributed by atoms with Crippen LogP contribution in [0.5, 0.6) is 5.75 Å². The molecule has 0 aliphatic rings. The van der Waals surface area contributed by atoms with Crippen LogP contribution in [0.2, 0.25) is 5.02 Å². The van der Waals surface area contributed by atoms with Crippen LogP contribution in [0, 0.1) is 0 Å². The lowest BCUT2D eigenvalue weighted by atomic mass is 10.2. The summed E-state index contributed by atoms with van der Waals surface area (Å²) in [5.41, 5.74) is 2.41. The molecule has 0 aliphatic heterocycles. The number of halogens is 1. The molecule has 4 aromatic rings. The van der Waals surface area contributed by atoms with E-state index in [0.717, 1.165) is 16.9 Å². The highest BCUT2D eigenvalue weighted by atomic mass is 35.5. The van der Waals surface area contributed by atoms with Crippen molar-refractivity contribution in [2.75, 3.05) is 6.61 Å². The van der Waals surface area contributed by atoms with Gasteiger partial charge in [0.1, 0.15) is 18.2 Å². The second-order valence-corrected chi connectivity index (χ2v) is 7.23. The van der Waals surface area contributed by atoms with Crippen molar-refractivity contribution in [2.24, 2.45) is 0 Å². The van der Waals surface area contributed by atoms with Crippen LogP contribution in [0.15, 0.2) is 73.1 Å². The van der Waals surface area contributed by atoms with Crippen LogP contribution < -0.4 is 10.1 Å². The van der Waals surface area contributed by atoms with Gasteiger partial charge in [-0.3, -0.25) is 9.78 Å². The van der Waals surface area contributed by atoms with Gasteiger partial charge < -0.3 is 14.6 Å². The predicted molar refractivity (Wildman–Crippen MR) is 117 cm³/mol. The third-order valence-electron chi connectivity index (χ3n) is 4.77. The van der Waals surface area contributed by atoms with Crippen molar-refractivity contribution in [1.82, 2.24) is 19.9 Å². The first-order valence-electron chi connectivity index (χ1n) is 9.67. The number of carbonyl (C=O) groups excluding carboxylic acids is 1. The topological polar surface area (TPSA) is 69.0 Å². The normalized spacial score (nSPS) is 11.9. The number of aromatic nitrogens is 3. The van der Waals surface area contributed by atoms with E-state index in [4.69, 9.17) is 21.3 Å². The van der Waals surface area contributed by atoms with E-state index < -0.39 is 0 Å². The molecule has 2 aromatic carbocycles. The number of nitrogens with zero attached hydrogens (tertiary/aromatic N) is 3. The zero-order chi connectivity index (χ0) is 20.9. The van der Waals surface area contributed by atoms with Crippen LogP contribution in [0.3, 0.4) is 0 Å². The van der Waals surface area contributed by atoms with E-state index in [9.17, 15) is 4.79 Å². The maximum atomic E-state index is 12.6. The average molecular weight is 421 g/mol. The van der Waals surface area contributed by atoms with Gasteiger partial charge >= 0.3 is 0 Å². The molecule has 0 spiro atoms. The Morgan fingerprint density at radius 2 is 1.83 bits per heavy atom. The molecule has 1 N–H and O–H groups in total. The van der Waals surface area contributed by atoms with E-state index in [1.807, 2.05) is 49.4 Å². The smallest absolute Gasteiger partial charge is 0.251 e. The number of ether oxygens (including phenoxy) is 1. The van der Waals surface area contributed by atoms with Gasteiger partial charge in [0.05, 0.1) is 28.6 Å². The number of nitrogens with one attached hydrogen (secondary N) is 1. The van der Waals surface area contributed by atoms with Gasteiger partial charge in [-0.1, -0.05) is 35.9 Å². The molecule has 2 heterocycles. The van der Waals surface area contributed by atoms with E-state index in [2.05, 4.69) is 14.9 Å². The second kappa shape index (κ2) is 8.97. The lowest BCUT2D eigenvalue weighted by Crippen LogP contribution is -2.29. The minimum absolute atomic E-state index is 0.171. The summed E-state index contributed by atoms with van der Waals surface area (Å²) < 4.78 is 7.94. The molecule has 152 valence electrons. The standard InChI is InChI=1S/C23H21ClN4O2/c1-16(26-23(29)17-10-12-25-13-11-17)22-27-19-7-3-4-8-20(19)28(22)14-15-30-21-9-5-2-6-18(21)24/h2-13,16H,14-15H2,1H3,(H,26,29). The number of carbonyl (C=O) groups is 1. The molecule has 0 saturated carbocycles. The first-order chi connectivity index (χ1) is 14.6. The molecular weight excluding hydrogens is 400 g/mol. The van der Waals surface area contributed by atoms with Gasteiger partial charge in [-0.25, -0.2) is 4.98 Å². The fraction of sp³-hybridized carbons (Fsp3) is 0.174. The Balaban J connectivity index is 1.55. The monoisotopic (exact) mass is 420 g/mol. The Morgan fingerprint density at radius 3 is 2.63 bits per heavy atom. The highest BCUT2D eigenvalue weighted by molar-refractivity contribution is 6.32. The van der Waals surface area contributed by atoms with E-state index in [0.29, 0.717) is 29.5 Å². The average Bonchev–Trinajstić information content (AvgIpc) is 3.14. The molecule has 4 rings (SSSR count). The third-order valence-corrected chi connectivity index (χ3v) is 5.08. The Hall–Kier alpha value is -3.38. The molecule has 1 unspecified atom stereocenters. The first-order valence-corrected chi connectivity index (χ1v) is 10.0. The summed E-state index contributed by atoms with van der Waals surface area (Å²) in [7, 11) is 0. The Morgan fingerprint density at radius 1 is 1.10 bits per heavy atom. The molecule has 0 saturated heterocycles. The SMILES string of the molecule is CC(NC(=O)c1ccncc1)c1nc2ccccc2n1CCOc1ccccc1Cl. The molecule has 0 aliphatic carbocycles. The third kappa shape index (κ3) is 4.28. The van der Waals surface area contributed by atoms with Crippen molar-refractivity contribution in [3.05, 3.63) is 89.5 Å². The molecule has 0 fully saturated rings. The number of imidazole rings is 1. The maximum Gasteiger partial charge on any atom is 0.251 e. The Labute approximate surface area is 179 Å². The number of hydrogen-bond acceptors (Lipinski definition) is 4. The molecule has 0 bridgehead atoms. The van der Waals surface area contributed by atoms with Crippen LogP contribution in [-0.2, 0) is 6.54 Å². The highest BCUT2D eigenvalue weighted by Crippen LogP contribution is 2.24. The van der Waals surface area contributed by atoms with Crippen molar-refractivity contribution in [3.63, 3.8) is 0 Å². The van der Waals surface area contributed by atoms with Gasteiger partial charge in [-0.05, 0) is 43.3 Å². The second-order valence-electron chi connectivity index (χ2n) is 6.82. The maximum absolute atomic E-state index is 12.6. The van der Waals surface area contributed by atoms with E-state index in [-0.39, 0.29) is 11.9 Å². The first kappa shape index (κ1) is 19.9. The van der Waals surface area contributed by atoms with Crippen molar-refractivity contribution >= 4 is 28.5 Å². The molecular formula is C23H21ClN4O2. The van der Waals surface area contributed by atoms with Crippen LogP contribution in [0.1, 0.15) is 29.1 Å². The number of amides is 1. The van der Waals surface area contributed by atoms with Crippen LogP contribution in [0.4, 0.5) is 0 Å². The van der Waals surface area contributed by atoms with Gasteiger partial charge in [0.2, 0.25) is 0 Å². The van der Waals surface area contributed by atoms with Crippen molar-refractivity contribution < 1.29 is 9.53 Å². The molecule has 6 nitrogen and oxygen atoms in total. The summed E-state index contributed by atoms with van der Waals surface area (Å²) in [6.45, 7) is 2.91. The summed E-state index contributed by atoms with van der Waals surface area (Å²) >= 11 is 6.18. The predicted octanol–water partition coefficient (Wildman–Crippen LogP) is 4.65. The fourth-order valence-corrected chi connectivity index (χ4v) is 3.51. The molecule has 30 heavy (non-hydrogen) atoms. The number of rotatable bonds is 7. The number of fused-ring (bicyclic) bond motifs is 1. The summed E-state index contributed by atoms with van der Waals surface area (Å²) in [4.78, 5) is 21.3. The van der Waals surface area contributed by atoms with Crippen molar-refractivity contribution in [2.45, 2.75) is 19.5 Å². The number of para-hydroxylation sites is 3. The number of hydrogen-bond donors (Lipinski definition) is 1. The molecule has 1 amide bonds. The number of benzene rings is 2. The summed E-state index contributed by atoms with van der Waals surface area (Å²) in [5.74, 6) is 1.24. The van der Waals surface area contributed by atoms with Gasteiger partial charge in [0.25, 0.3) is 5.91 Å². The number of pyridine rings is 1. The molecule has 1 atom stereocenters. The quantitative estimate of drug-likeness (QED) is 0.472. The fourth-order valence-electron chi connectivity index (χ4n) is 3.32. The van der Waals surface area contributed by atoms with Crippen LogP contribution in [-0.4, -0.2) is 27.0 Å². The van der Waals surface area contributed by atoms with E-state index in [1.54, 1.807) is 30.6 Å². The van der Waals surface area contributed by atoms with E-state index >= 15 is 0 Å². The Bertz CT molecular complexity index is 1160. The van der Waals surface area contributed by atoms with Crippen molar-refractivity contribution in [3.8, 4) is 5.75 Å². The van der Waals surface area contributed by atoms with Crippen LogP contribution in [0.25, 0.3) is 11.0 Å². The van der Waals surface area contributed by atoms with Crippen LogP contribution >= 0.6 is 11.6 Å². The summed E-state index contributed by atoms with van der Waals surface area (Å²) in [6.07, 6.45) is 3.20. The van der Waals surface area contributed by atoms with Gasteiger partial charge in [0, 0.05) is 18.0 Å². The van der Waals surface area contributed by atoms with Gasteiger partial charge in [-0.15, -0.1) is 0 Å². The molecule has 0 radical (unpaired) electrons. The lowest BCUT2D eigenvalue weighted by Gasteiger charge is -2.17. The Kier molecular flexibility index (Phi) is 5.95.